The smallest absolute Gasteiger partial charge is 0.309 e. The normalized spacial score (nSPS) is 44.6. The Bertz CT molecular complexity index is 1570. The van der Waals surface area contributed by atoms with Gasteiger partial charge in [-0.3, -0.25) is 18.9 Å². The number of fused-ring (bicyclic) bond motifs is 7. The summed E-state index contributed by atoms with van der Waals surface area (Å²) >= 11 is 0. The number of hydrogen-bond donors (Lipinski definition) is 1. The van der Waals surface area contributed by atoms with Crippen LogP contribution < -0.4 is 0 Å². The Morgan fingerprint density at radius 3 is 2.02 bits per heavy atom. The number of Topliss-reactive ketones (excluding diaryl/α,β-unsaturated/α-hetero) is 1. The molecule has 7 saturated carbocycles. The van der Waals surface area contributed by atoms with Gasteiger partial charge in [-0.2, -0.15) is 0 Å². The van der Waals surface area contributed by atoms with Gasteiger partial charge in [0.05, 0.1) is 17.9 Å². The summed E-state index contributed by atoms with van der Waals surface area (Å²) in [6.07, 6.45) is 19.5. The van der Waals surface area contributed by atoms with Crippen LogP contribution in [0.1, 0.15) is 177 Å². The highest BCUT2D eigenvalue weighted by Crippen LogP contribution is 2.79. The van der Waals surface area contributed by atoms with Gasteiger partial charge in [0.15, 0.2) is 7.37 Å². The van der Waals surface area contributed by atoms with Gasteiger partial charge in [0.25, 0.3) is 0 Å². The summed E-state index contributed by atoms with van der Waals surface area (Å²) in [5.74, 6) is 2.59. The highest BCUT2D eigenvalue weighted by molar-refractivity contribution is 7.57. The lowest BCUT2D eigenvalue weighted by atomic mass is 9.32. The summed E-state index contributed by atoms with van der Waals surface area (Å²) in [6.45, 7) is 21.8. The Kier molecular flexibility index (Phi) is 10.6. The number of ether oxygens (including phenoxy) is 1. The molecule has 8 heteroatoms. The maximum absolute atomic E-state index is 14.9. The lowest BCUT2D eigenvalue weighted by Gasteiger charge is -2.73. The van der Waals surface area contributed by atoms with E-state index < -0.39 is 18.8 Å². The summed E-state index contributed by atoms with van der Waals surface area (Å²) in [5, 5.41) is 9.65. The van der Waals surface area contributed by atoms with Gasteiger partial charge in [-0.25, -0.2) is 0 Å². The molecule has 0 bridgehead atoms. The van der Waals surface area contributed by atoms with Gasteiger partial charge < -0.3 is 14.4 Å². The molecule has 7 rings (SSSR count). The van der Waals surface area contributed by atoms with Crippen LogP contribution in [0.15, 0.2) is 0 Å². The predicted octanol–water partition coefficient (Wildman–Crippen LogP) is 11.7. The molecule has 0 amide bonds. The van der Waals surface area contributed by atoms with E-state index in [0.29, 0.717) is 46.7 Å². The molecule has 10 atom stereocenters. The van der Waals surface area contributed by atoms with Crippen molar-refractivity contribution in [3.05, 3.63) is 0 Å². The zero-order valence-corrected chi connectivity index (χ0v) is 37.3. The standard InChI is InChI=1S/C47H77O7P/c1-41(2,40(50)51)29-38(49)53-37-21-22-44(6)34(42(37,3)4)20-23-46(8)35(44)17-16-33-39-32(43(5)25-26-43)19-24-47(39,28-27-45(33,46)7)36(48)18-13-30-11-14-31(15-12-30)54-55(9,10)52/h30-35,37,39H,11-29H2,1-10H3,(H,50,51). The molecule has 7 fully saturated rings. The maximum Gasteiger partial charge on any atom is 0.309 e. The van der Waals surface area contributed by atoms with E-state index in [-0.39, 0.29) is 51.7 Å². The van der Waals surface area contributed by atoms with E-state index >= 15 is 0 Å². The number of carbonyl (C=O) groups excluding carboxylic acids is 2. The molecule has 1 N–H and O–H groups in total. The molecule has 0 radical (unpaired) electrons. The third kappa shape index (κ3) is 6.97. The molecular formula is C47H77O7P. The van der Waals surface area contributed by atoms with Crippen molar-refractivity contribution in [3.63, 3.8) is 0 Å². The topological polar surface area (TPSA) is 107 Å². The summed E-state index contributed by atoms with van der Waals surface area (Å²) in [7, 11) is -2.48. The fraction of sp³-hybridized carbons (Fsp3) is 0.936. The molecule has 7 aliphatic rings. The van der Waals surface area contributed by atoms with Gasteiger partial charge in [-0.05, 0) is 180 Å². The minimum absolute atomic E-state index is 0.109. The van der Waals surface area contributed by atoms with Gasteiger partial charge in [0, 0.05) is 30.6 Å². The van der Waals surface area contributed by atoms with Crippen LogP contribution in [0.25, 0.3) is 0 Å². The van der Waals surface area contributed by atoms with Crippen LogP contribution in [0.2, 0.25) is 0 Å². The molecule has 0 aliphatic heterocycles. The van der Waals surface area contributed by atoms with Crippen LogP contribution >= 0.6 is 7.37 Å². The van der Waals surface area contributed by atoms with E-state index in [1.54, 1.807) is 27.2 Å². The minimum Gasteiger partial charge on any atom is -0.481 e. The molecule has 55 heavy (non-hydrogen) atoms. The van der Waals surface area contributed by atoms with Crippen LogP contribution in [0.5, 0.6) is 0 Å². The first-order valence-corrected chi connectivity index (χ1v) is 25.1. The minimum atomic E-state index is -2.48. The van der Waals surface area contributed by atoms with Crippen LogP contribution in [0.4, 0.5) is 0 Å². The molecule has 0 aromatic rings. The van der Waals surface area contributed by atoms with E-state index in [1.807, 2.05) is 0 Å². The van der Waals surface area contributed by atoms with Gasteiger partial charge in [-0.15, -0.1) is 0 Å². The average Bonchev–Trinajstić information content (AvgIpc) is 3.69. The van der Waals surface area contributed by atoms with E-state index in [9.17, 15) is 24.1 Å². The monoisotopic (exact) mass is 785 g/mol. The number of carbonyl (C=O) groups is 3. The van der Waals surface area contributed by atoms with Crippen LogP contribution in [-0.2, 0) is 28.2 Å². The molecule has 0 aromatic carbocycles. The molecule has 7 aliphatic carbocycles. The highest BCUT2D eigenvalue weighted by Gasteiger charge is 2.73. The Morgan fingerprint density at radius 1 is 0.727 bits per heavy atom. The Balaban J connectivity index is 1.09. The number of ketones is 1. The second-order valence-corrected chi connectivity index (χ2v) is 26.0. The predicted molar refractivity (Wildman–Crippen MR) is 218 cm³/mol. The SMILES string of the molecule is CC(C)(CC(=O)OC1CCC2(C)C(CCC3(C)C2CCC2C4C(C5(C)CC5)CCC4(C(=O)CCC4CCC(OP(C)(C)=O)CC4)CCC23C)C1(C)C)C(=O)O. The van der Waals surface area contributed by atoms with Crippen LogP contribution in [-0.4, -0.2) is 48.4 Å². The third-order valence-corrected chi connectivity index (χ3v) is 20.1. The van der Waals surface area contributed by atoms with E-state index in [2.05, 4.69) is 41.5 Å². The lowest BCUT2D eigenvalue weighted by molar-refractivity contribution is -0.250. The van der Waals surface area contributed by atoms with Crippen molar-refractivity contribution in [2.24, 2.45) is 73.4 Å². The van der Waals surface area contributed by atoms with E-state index in [0.717, 1.165) is 77.0 Å². The molecule has 0 aromatic heterocycles. The Hall–Kier alpha value is -1.20. The van der Waals surface area contributed by atoms with Gasteiger partial charge in [-0.1, -0.05) is 41.5 Å². The first kappa shape index (κ1) is 41.9. The van der Waals surface area contributed by atoms with Crippen molar-refractivity contribution in [2.45, 2.75) is 190 Å². The van der Waals surface area contributed by atoms with Crippen molar-refractivity contribution < 1.29 is 33.3 Å². The van der Waals surface area contributed by atoms with Crippen molar-refractivity contribution in [1.29, 1.82) is 0 Å². The summed E-state index contributed by atoms with van der Waals surface area (Å²) in [6, 6.07) is 0. The molecule has 0 heterocycles. The van der Waals surface area contributed by atoms with Crippen LogP contribution in [0, 0.1) is 73.4 Å². The Morgan fingerprint density at radius 2 is 1.40 bits per heavy atom. The van der Waals surface area contributed by atoms with Crippen molar-refractivity contribution in [3.8, 4) is 0 Å². The van der Waals surface area contributed by atoms with E-state index in [1.165, 1.54) is 38.5 Å². The second-order valence-electron chi connectivity index (χ2n) is 23.3. The summed E-state index contributed by atoms with van der Waals surface area (Å²) < 4.78 is 24.4. The molecular weight excluding hydrogens is 707 g/mol. The molecule has 312 valence electrons. The van der Waals surface area contributed by atoms with Gasteiger partial charge in [0.2, 0.25) is 0 Å². The summed E-state index contributed by atoms with van der Waals surface area (Å²) in [4.78, 5) is 39.9. The number of esters is 1. The number of carboxylic acid groups (broad SMARTS) is 1. The first-order valence-electron chi connectivity index (χ1n) is 22.6. The van der Waals surface area contributed by atoms with E-state index in [4.69, 9.17) is 9.26 Å². The molecule has 10 unspecified atom stereocenters. The Labute approximate surface area is 333 Å². The fourth-order valence-electron chi connectivity index (χ4n) is 15.7. The van der Waals surface area contributed by atoms with Crippen LogP contribution in [0.3, 0.4) is 0 Å². The zero-order valence-electron chi connectivity index (χ0n) is 36.4. The molecule has 0 saturated heterocycles. The van der Waals surface area contributed by atoms with Gasteiger partial charge >= 0.3 is 11.9 Å². The van der Waals surface area contributed by atoms with Crippen molar-refractivity contribution in [2.75, 3.05) is 13.3 Å². The maximum atomic E-state index is 14.9. The molecule has 0 spiro atoms. The highest BCUT2D eigenvalue weighted by atomic mass is 31.2. The van der Waals surface area contributed by atoms with Gasteiger partial charge in [0.1, 0.15) is 11.9 Å². The average molecular weight is 785 g/mol. The van der Waals surface area contributed by atoms with Crippen molar-refractivity contribution >= 4 is 25.1 Å². The van der Waals surface area contributed by atoms with Crippen molar-refractivity contribution in [1.82, 2.24) is 0 Å². The number of carboxylic acids is 1. The number of hydrogen-bond acceptors (Lipinski definition) is 6. The second kappa shape index (κ2) is 13.9. The number of rotatable bonds is 11. The quantitative estimate of drug-likeness (QED) is 0.164. The lowest BCUT2D eigenvalue weighted by Crippen LogP contribution is -2.67. The largest absolute Gasteiger partial charge is 0.481 e. The first-order chi connectivity index (χ1) is 25.4. The zero-order chi connectivity index (χ0) is 40.2. The molecule has 7 nitrogen and oxygen atoms in total. The fourth-order valence-corrected chi connectivity index (χ4v) is 16.6. The number of aliphatic carboxylic acids is 1. The third-order valence-electron chi connectivity index (χ3n) is 19.3. The summed E-state index contributed by atoms with van der Waals surface area (Å²) in [5.41, 5.74) is -0.552.